The van der Waals surface area contributed by atoms with Crippen LogP contribution in [0.25, 0.3) is 0 Å². The fourth-order valence-electron chi connectivity index (χ4n) is 6.29. The summed E-state index contributed by atoms with van der Waals surface area (Å²) in [5.41, 5.74) is 0.449. The average Bonchev–Trinajstić information content (AvgIpc) is 3.34. The molecule has 3 aliphatic rings. The molecule has 0 bridgehead atoms. The maximum atomic E-state index is 14.6. The van der Waals surface area contributed by atoms with E-state index in [1.165, 1.54) is 18.9 Å². The average molecular weight is 656 g/mol. The van der Waals surface area contributed by atoms with Gasteiger partial charge in [0.1, 0.15) is 29.5 Å². The number of ether oxygens (including phenoxy) is 2. The van der Waals surface area contributed by atoms with Crippen molar-refractivity contribution in [2.24, 2.45) is 0 Å². The van der Waals surface area contributed by atoms with Gasteiger partial charge in [-0.25, -0.2) is 13.6 Å². The molecule has 4 amide bonds. The summed E-state index contributed by atoms with van der Waals surface area (Å²) in [5, 5.41) is 5.81. The van der Waals surface area contributed by atoms with Crippen molar-refractivity contribution in [2.45, 2.75) is 82.3 Å². The van der Waals surface area contributed by atoms with E-state index < -0.39 is 78.5 Å². The van der Waals surface area contributed by atoms with E-state index in [1.54, 1.807) is 56.0 Å². The molecule has 47 heavy (non-hydrogen) atoms. The zero-order chi connectivity index (χ0) is 34.1. The number of nitrogens with zero attached hydrogens (tertiary/aromatic N) is 3. The first-order valence-electron chi connectivity index (χ1n) is 15.9. The van der Waals surface area contributed by atoms with Crippen LogP contribution in [0.1, 0.15) is 63.7 Å². The molecule has 0 aliphatic carbocycles. The number of carbonyl (C=O) groups is 4. The van der Waals surface area contributed by atoms with Crippen molar-refractivity contribution in [3.8, 4) is 5.75 Å². The summed E-state index contributed by atoms with van der Waals surface area (Å²) in [6.07, 6.45) is -0.662. The Bertz CT molecular complexity index is 1480. The van der Waals surface area contributed by atoms with E-state index in [-0.39, 0.29) is 13.1 Å². The highest BCUT2D eigenvalue weighted by molar-refractivity contribution is 5.94. The number of likely N-dealkylation sites (N-methyl/N-ethyl adjacent to an activating group) is 1. The predicted octanol–water partition coefficient (Wildman–Crippen LogP) is 3.66. The third-order valence-electron chi connectivity index (χ3n) is 8.85. The van der Waals surface area contributed by atoms with Crippen molar-refractivity contribution >= 4 is 23.8 Å². The highest BCUT2D eigenvalue weighted by Crippen LogP contribution is 2.37. The number of nitrogens with one attached hydrogen (secondary N) is 2. The third kappa shape index (κ3) is 7.83. The Labute approximate surface area is 273 Å². The first kappa shape index (κ1) is 34.1. The molecule has 5 rings (SSSR count). The minimum atomic E-state index is -2.96. The Hall–Kier alpha value is -4.26. The van der Waals surface area contributed by atoms with Crippen LogP contribution in [0.15, 0.2) is 54.6 Å². The van der Waals surface area contributed by atoms with Gasteiger partial charge in [-0.2, -0.15) is 0 Å². The Balaban J connectivity index is 1.42. The molecular formula is C34H43F2N5O6. The molecule has 0 aromatic heterocycles. The number of piperazine rings is 1. The molecule has 2 fully saturated rings. The minimum absolute atomic E-state index is 0.0874. The van der Waals surface area contributed by atoms with E-state index in [4.69, 9.17) is 9.47 Å². The number of hydrogen-bond donors (Lipinski definition) is 2. The van der Waals surface area contributed by atoms with Crippen molar-refractivity contribution in [2.75, 3.05) is 33.3 Å². The topological polar surface area (TPSA) is 121 Å². The maximum Gasteiger partial charge on any atom is 0.410 e. The molecule has 3 heterocycles. The molecule has 2 saturated heterocycles. The maximum absolute atomic E-state index is 14.6. The van der Waals surface area contributed by atoms with Crippen molar-refractivity contribution in [3.05, 3.63) is 65.7 Å². The fraction of sp³-hybridized carbons (Fsp3) is 0.529. The standard InChI is InChI=1S/C34H43F2N5O6/c1-21(39(5)32(45)47-33(2,3)4)29(42)38-28(22-11-7-6-8-12-22)31(44)41-18-23-17-34(35,36)20-40(23)19-26(41)30(43)37-25-15-16-46-27-14-10-9-13-24(25)27/h6-14,21,23,25-26,28H,15-20H2,1-5H3,(H,37,43)(H,38,42)/t21-,23+,25+,26-,28-/m0/s1. The quantitative estimate of drug-likeness (QED) is 0.467. The van der Waals surface area contributed by atoms with Crippen LogP contribution >= 0.6 is 0 Å². The summed E-state index contributed by atoms with van der Waals surface area (Å²) in [7, 11) is 1.42. The van der Waals surface area contributed by atoms with E-state index in [0.29, 0.717) is 24.3 Å². The van der Waals surface area contributed by atoms with E-state index in [0.717, 1.165) is 10.5 Å². The van der Waals surface area contributed by atoms with Gasteiger partial charge in [0.05, 0.1) is 19.2 Å². The SMILES string of the molecule is C[C@@H](C(=O)N[C@H](C(=O)N1C[C@H]2CC(F)(F)CN2C[C@H]1C(=O)N[C@@H]1CCOc2ccccc21)c1ccccc1)N(C)C(=O)OC(C)(C)C. The lowest BCUT2D eigenvalue weighted by molar-refractivity contribution is -0.148. The predicted molar refractivity (Wildman–Crippen MR) is 169 cm³/mol. The van der Waals surface area contributed by atoms with Crippen molar-refractivity contribution in [1.29, 1.82) is 0 Å². The molecule has 3 aliphatic heterocycles. The molecule has 2 N–H and O–H groups in total. The number of halogens is 2. The number of para-hydroxylation sites is 1. The van der Waals surface area contributed by atoms with Gasteiger partial charge in [-0.3, -0.25) is 24.2 Å². The summed E-state index contributed by atoms with van der Waals surface area (Å²) in [6.45, 7) is 6.31. The lowest BCUT2D eigenvalue weighted by Crippen LogP contribution is -2.64. The molecule has 0 unspecified atom stereocenters. The number of amides is 4. The minimum Gasteiger partial charge on any atom is -0.493 e. The molecule has 2 aromatic rings. The zero-order valence-electron chi connectivity index (χ0n) is 27.4. The lowest BCUT2D eigenvalue weighted by Gasteiger charge is -2.44. The molecule has 0 radical (unpaired) electrons. The van der Waals surface area contributed by atoms with Crippen molar-refractivity contribution in [3.63, 3.8) is 0 Å². The number of rotatable bonds is 7. The first-order valence-corrected chi connectivity index (χ1v) is 15.9. The Morgan fingerprint density at radius 2 is 1.72 bits per heavy atom. The Morgan fingerprint density at radius 1 is 1.04 bits per heavy atom. The third-order valence-corrected chi connectivity index (χ3v) is 8.85. The Kier molecular flexibility index (Phi) is 9.76. The monoisotopic (exact) mass is 655 g/mol. The van der Waals surface area contributed by atoms with Gasteiger partial charge in [0.25, 0.3) is 11.8 Å². The highest BCUT2D eigenvalue weighted by Gasteiger charge is 2.52. The van der Waals surface area contributed by atoms with Gasteiger partial charge in [-0.1, -0.05) is 48.5 Å². The lowest BCUT2D eigenvalue weighted by atomic mass is 9.98. The van der Waals surface area contributed by atoms with Gasteiger partial charge in [-0.05, 0) is 39.3 Å². The molecule has 5 atom stereocenters. The van der Waals surface area contributed by atoms with Crippen molar-refractivity contribution in [1.82, 2.24) is 25.3 Å². The van der Waals surface area contributed by atoms with E-state index >= 15 is 0 Å². The second-order valence-corrected chi connectivity index (χ2v) is 13.5. The summed E-state index contributed by atoms with van der Waals surface area (Å²) in [5.74, 6) is -4.04. The Morgan fingerprint density at radius 3 is 2.43 bits per heavy atom. The first-order chi connectivity index (χ1) is 22.1. The number of benzene rings is 2. The molecule has 254 valence electrons. The van der Waals surface area contributed by atoms with Crippen LogP contribution < -0.4 is 15.4 Å². The van der Waals surface area contributed by atoms with Crippen molar-refractivity contribution < 1.29 is 37.4 Å². The van der Waals surface area contributed by atoms with Gasteiger partial charge in [0.15, 0.2) is 0 Å². The second-order valence-electron chi connectivity index (χ2n) is 13.5. The highest BCUT2D eigenvalue weighted by atomic mass is 19.3. The van der Waals surface area contributed by atoms with Crippen LogP contribution in [-0.4, -0.2) is 101 Å². The van der Waals surface area contributed by atoms with Crippen LogP contribution in [0.4, 0.5) is 13.6 Å². The second kappa shape index (κ2) is 13.5. The molecule has 0 spiro atoms. The van der Waals surface area contributed by atoms with Crippen LogP contribution in [0.3, 0.4) is 0 Å². The van der Waals surface area contributed by atoms with Crippen LogP contribution in [-0.2, 0) is 19.1 Å². The normalized spacial score (nSPS) is 23.3. The summed E-state index contributed by atoms with van der Waals surface area (Å²) >= 11 is 0. The van der Waals surface area contributed by atoms with Gasteiger partial charge < -0.3 is 25.0 Å². The molecule has 0 saturated carbocycles. The molecular weight excluding hydrogens is 612 g/mol. The molecule has 2 aromatic carbocycles. The zero-order valence-corrected chi connectivity index (χ0v) is 27.4. The summed E-state index contributed by atoms with van der Waals surface area (Å²) in [6, 6.07) is 11.4. The smallest absolute Gasteiger partial charge is 0.410 e. The van der Waals surface area contributed by atoms with Gasteiger partial charge in [-0.15, -0.1) is 0 Å². The number of hydrogen-bond acceptors (Lipinski definition) is 7. The van der Waals surface area contributed by atoms with Crippen LogP contribution in [0.2, 0.25) is 0 Å². The number of carbonyl (C=O) groups excluding carboxylic acids is 4. The fourth-order valence-corrected chi connectivity index (χ4v) is 6.29. The van der Waals surface area contributed by atoms with Gasteiger partial charge in [0, 0.05) is 44.6 Å². The number of alkyl halides is 2. The van der Waals surface area contributed by atoms with E-state index in [9.17, 15) is 28.0 Å². The van der Waals surface area contributed by atoms with E-state index in [2.05, 4.69) is 10.6 Å². The molecule has 11 nitrogen and oxygen atoms in total. The van der Waals surface area contributed by atoms with Crippen LogP contribution in [0.5, 0.6) is 5.75 Å². The van der Waals surface area contributed by atoms with Gasteiger partial charge in [0.2, 0.25) is 11.8 Å². The summed E-state index contributed by atoms with van der Waals surface area (Å²) < 4.78 is 40.4. The largest absolute Gasteiger partial charge is 0.493 e. The number of fused-ring (bicyclic) bond motifs is 2. The van der Waals surface area contributed by atoms with E-state index in [1.807, 2.05) is 24.3 Å². The van der Waals surface area contributed by atoms with Gasteiger partial charge >= 0.3 is 6.09 Å². The van der Waals surface area contributed by atoms with Crippen LogP contribution in [0, 0.1) is 0 Å². The summed E-state index contributed by atoms with van der Waals surface area (Å²) in [4.78, 5) is 58.8. The molecule has 13 heteroatoms.